The monoisotopic (exact) mass is 172 g/mol. The Morgan fingerprint density at radius 1 is 1.38 bits per heavy atom. The highest BCUT2D eigenvalue weighted by atomic mass is 16.4. The van der Waals surface area contributed by atoms with Gasteiger partial charge >= 0.3 is 5.97 Å². The standard InChI is InChI=1S/C10H6NO2/c12-10(13)9-5-7-3-1-2-4-8(7)6-11-9/h1-5H,(H,12,13). The fourth-order valence-corrected chi connectivity index (χ4v) is 1.13. The first kappa shape index (κ1) is 7.73. The maximum Gasteiger partial charge on any atom is 0.354 e. The molecule has 0 aliphatic carbocycles. The van der Waals surface area contributed by atoms with Crippen molar-refractivity contribution in [3.63, 3.8) is 0 Å². The average molecular weight is 172 g/mol. The van der Waals surface area contributed by atoms with E-state index in [1.54, 1.807) is 0 Å². The molecular weight excluding hydrogens is 166 g/mol. The van der Waals surface area contributed by atoms with Gasteiger partial charge in [0.25, 0.3) is 0 Å². The van der Waals surface area contributed by atoms with E-state index < -0.39 is 5.97 Å². The van der Waals surface area contributed by atoms with E-state index in [0.29, 0.717) is 0 Å². The Bertz CT molecular complexity index is 465. The zero-order valence-corrected chi connectivity index (χ0v) is 6.69. The fourth-order valence-electron chi connectivity index (χ4n) is 1.13. The Labute approximate surface area is 74.7 Å². The molecule has 63 valence electrons. The molecule has 1 heterocycles. The number of benzene rings is 1. The lowest BCUT2D eigenvalue weighted by molar-refractivity contribution is 0.0690. The number of carboxylic acid groups (broad SMARTS) is 1. The fraction of sp³-hybridized carbons (Fsp3) is 0. The molecule has 0 aliphatic rings. The zero-order valence-electron chi connectivity index (χ0n) is 6.69. The maximum absolute atomic E-state index is 10.6. The van der Waals surface area contributed by atoms with Gasteiger partial charge in [0.15, 0.2) is 0 Å². The first-order valence-electron chi connectivity index (χ1n) is 3.78. The van der Waals surface area contributed by atoms with Gasteiger partial charge in [-0.15, -0.1) is 0 Å². The Hall–Kier alpha value is -1.90. The van der Waals surface area contributed by atoms with E-state index in [1.807, 2.05) is 24.3 Å². The molecule has 0 aliphatic heterocycles. The lowest BCUT2D eigenvalue weighted by atomic mass is 10.1. The van der Waals surface area contributed by atoms with E-state index in [1.165, 1.54) is 6.07 Å². The van der Waals surface area contributed by atoms with Crippen molar-refractivity contribution in [1.82, 2.24) is 4.98 Å². The molecular formula is C10H6NO2. The molecule has 3 nitrogen and oxygen atoms in total. The number of carbonyl (C=O) groups is 1. The molecule has 0 spiro atoms. The summed E-state index contributed by atoms with van der Waals surface area (Å²) in [6.45, 7) is 0. The average Bonchev–Trinajstić information content (AvgIpc) is 2.17. The second kappa shape index (κ2) is 2.86. The minimum absolute atomic E-state index is 0.0266. The summed E-state index contributed by atoms with van der Waals surface area (Å²) in [5, 5.41) is 10.3. The molecule has 0 fully saturated rings. The first-order chi connectivity index (χ1) is 6.27. The van der Waals surface area contributed by atoms with Gasteiger partial charge in [-0.1, -0.05) is 24.3 Å². The molecule has 0 atom stereocenters. The summed E-state index contributed by atoms with van der Waals surface area (Å²) in [6.07, 6.45) is 2.67. The van der Waals surface area contributed by atoms with Crippen LogP contribution in [0.15, 0.2) is 30.3 Å². The molecule has 1 aromatic heterocycles. The number of carboxylic acids is 1. The van der Waals surface area contributed by atoms with Crippen LogP contribution in [0.5, 0.6) is 0 Å². The van der Waals surface area contributed by atoms with Crippen molar-refractivity contribution in [1.29, 1.82) is 0 Å². The largest absolute Gasteiger partial charge is 0.477 e. The molecule has 1 radical (unpaired) electrons. The molecule has 0 amide bonds. The number of nitrogens with zero attached hydrogens (tertiary/aromatic N) is 1. The third kappa shape index (κ3) is 1.36. The van der Waals surface area contributed by atoms with E-state index in [0.717, 1.165) is 10.8 Å². The smallest absolute Gasteiger partial charge is 0.354 e. The number of aromatic nitrogens is 1. The molecule has 0 bridgehead atoms. The van der Waals surface area contributed by atoms with Crippen molar-refractivity contribution in [3.05, 3.63) is 42.2 Å². The summed E-state index contributed by atoms with van der Waals surface area (Å²) in [6, 6.07) is 8.92. The van der Waals surface area contributed by atoms with E-state index in [4.69, 9.17) is 5.11 Å². The van der Waals surface area contributed by atoms with Crippen LogP contribution in [0, 0.1) is 6.20 Å². The van der Waals surface area contributed by atoms with Crippen LogP contribution in [0.1, 0.15) is 10.5 Å². The number of hydrogen-bond acceptors (Lipinski definition) is 2. The van der Waals surface area contributed by atoms with Crippen LogP contribution in [0.25, 0.3) is 10.8 Å². The maximum atomic E-state index is 10.6. The van der Waals surface area contributed by atoms with Gasteiger partial charge in [-0.2, -0.15) is 0 Å². The van der Waals surface area contributed by atoms with Crippen LogP contribution in [-0.4, -0.2) is 16.1 Å². The third-order valence-electron chi connectivity index (χ3n) is 1.77. The van der Waals surface area contributed by atoms with Crippen molar-refractivity contribution < 1.29 is 9.90 Å². The van der Waals surface area contributed by atoms with Crippen molar-refractivity contribution in [2.24, 2.45) is 0 Å². The highest BCUT2D eigenvalue weighted by Crippen LogP contribution is 2.12. The number of fused-ring (bicyclic) bond motifs is 1. The normalized spacial score (nSPS) is 10.2. The Balaban J connectivity index is 2.69. The van der Waals surface area contributed by atoms with Gasteiger partial charge in [-0.3, -0.25) is 0 Å². The van der Waals surface area contributed by atoms with Gasteiger partial charge in [0, 0.05) is 5.39 Å². The van der Waals surface area contributed by atoms with Crippen molar-refractivity contribution in [2.45, 2.75) is 0 Å². The van der Waals surface area contributed by atoms with Crippen molar-refractivity contribution in [2.75, 3.05) is 0 Å². The molecule has 1 N–H and O–H groups in total. The summed E-state index contributed by atoms with van der Waals surface area (Å²) >= 11 is 0. The van der Waals surface area contributed by atoms with E-state index in [9.17, 15) is 4.79 Å². The van der Waals surface area contributed by atoms with Crippen LogP contribution >= 0.6 is 0 Å². The molecule has 2 rings (SSSR count). The summed E-state index contributed by atoms with van der Waals surface area (Å²) in [7, 11) is 0. The molecule has 0 saturated carbocycles. The molecule has 1 aromatic carbocycles. The summed E-state index contributed by atoms with van der Waals surface area (Å²) in [5.41, 5.74) is 0.0266. The SMILES string of the molecule is O=C(O)c1cc2ccccc2[c]n1. The second-order valence-electron chi connectivity index (χ2n) is 2.65. The van der Waals surface area contributed by atoms with Gasteiger partial charge < -0.3 is 5.11 Å². The summed E-state index contributed by atoms with van der Waals surface area (Å²) in [4.78, 5) is 14.2. The Kier molecular flexibility index (Phi) is 1.70. The van der Waals surface area contributed by atoms with E-state index >= 15 is 0 Å². The van der Waals surface area contributed by atoms with Gasteiger partial charge in [-0.05, 0) is 11.5 Å². The minimum Gasteiger partial charge on any atom is -0.477 e. The van der Waals surface area contributed by atoms with Crippen LogP contribution in [0.2, 0.25) is 0 Å². The third-order valence-corrected chi connectivity index (χ3v) is 1.77. The lowest BCUT2D eigenvalue weighted by Crippen LogP contribution is -1.99. The second-order valence-corrected chi connectivity index (χ2v) is 2.65. The van der Waals surface area contributed by atoms with Crippen molar-refractivity contribution in [3.8, 4) is 0 Å². The minimum atomic E-state index is -1.03. The highest BCUT2D eigenvalue weighted by molar-refractivity contribution is 5.91. The Morgan fingerprint density at radius 3 is 2.92 bits per heavy atom. The van der Waals surface area contributed by atoms with E-state index in [2.05, 4.69) is 11.2 Å². The van der Waals surface area contributed by atoms with Gasteiger partial charge in [-0.25, -0.2) is 9.78 Å². The summed E-state index contributed by atoms with van der Waals surface area (Å²) < 4.78 is 0. The predicted octanol–water partition coefficient (Wildman–Crippen LogP) is 1.73. The molecule has 3 heteroatoms. The van der Waals surface area contributed by atoms with Crippen molar-refractivity contribution >= 4 is 16.7 Å². The number of hydrogen-bond donors (Lipinski definition) is 1. The van der Waals surface area contributed by atoms with Crippen LogP contribution in [0.4, 0.5) is 0 Å². The van der Waals surface area contributed by atoms with Crippen LogP contribution < -0.4 is 0 Å². The quantitative estimate of drug-likeness (QED) is 0.712. The zero-order chi connectivity index (χ0) is 9.26. The number of pyridine rings is 1. The summed E-state index contributed by atoms with van der Waals surface area (Å²) in [5.74, 6) is -1.03. The van der Waals surface area contributed by atoms with Crippen LogP contribution in [-0.2, 0) is 0 Å². The van der Waals surface area contributed by atoms with Gasteiger partial charge in [0.05, 0.1) is 6.20 Å². The number of rotatable bonds is 1. The lowest BCUT2D eigenvalue weighted by Gasteiger charge is -1.96. The molecule has 2 aromatic rings. The first-order valence-corrected chi connectivity index (χ1v) is 3.78. The highest BCUT2D eigenvalue weighted by Gasteiger charge is 2.04. The van der Waals surface area contributed by atoms with Crippen LogP contribution in [0.3, 0.4) is 0 Å². The van der Waals surface area contributed by atoms with E-state index in [-0.39, 0.29) is 5.69 Å². The van der Waals surface area contributed by atoms with Gasteiger partial charge in [0.2, 0.25) is 0 Å². The Morgan fingerprint density at radius 2 is 2.15 bits per heavy atom. The molecule has 0 saturated heterocycles. The van der Waals surface area contributed by atoms with Gasteiger partial charge in [0.1, 0.15) is 5.69 Å². The molecule has 13 heavy (non-hydrogen) atoms. The molecule has 0 unspecified atom stereocenters. The number of aromatic carboxylic acids is 1. The predicted molar refractivity (Wildman–Crippen MR) is 47.5 cm³/mol. The topological polar surface area (TPSA) is 50.2 Å².